The Hall–Kier alpha value is -1.07. The highest BCUT2D eigenvalue weighted by molar-refractivity contribution is 5.33. The van der Waals surface area contributed by atoms with E-state index in [0.717, 1.165) is 38.0 Å². The molecule has 0 radical (unpaired) electrons. The molecule has 0 saturated heterocycles. The predicted molar refractivity (Wildman–Crippen MR) is 83.5 cm³/mol. The van der Waals surface area contributed by atoms with Crippen LogP contribution in [-0.2, 0) is 12.1 Å². The number of ether oxygens (including phenoxy) is 1. The van der Waals surface area contributed by atoms with E-state index in [1.54, 1.807) is 13.3 Å². The van der Waals surface area contributed by atoms with Crippen LogP contribution in [-0.4, -0.2) is 47.5 Å². The summed E-state index contributed by atoms with van der Waals surface area (Å²) in [6, 6.07) is 0. The average Bonchev–Trinajstić information content (AvgIpc) is 2.83. The largest absolute Gasteiger partial charge is 0.493 e. The van der Waals surface area contributed by atoms with E-state index in [9.17, 15) is 5.11 Å². The summed E-state index contributed by atoms with van der Waals surface area (Å²) in [7, 11) is 5.73. The minimum absolute atomic E-state index is 0.172. The number of aromatic nitrogens is 2. The zero-order valence-corrected chi connectivity index (χ0v) is 14.0. The first-order valence-electron chi connectivity index (χ1n) is 7.79. The van der Waals surface area contributed by atoms with Crippen molar-refractivity contribution in [2.24, 2.45) is 5.41 Å². The Morgan fingerprint density at radius 3 is 2.57 bits per heavy atom. The maximum atomic E-state index is 11.5. The standard InChI is InChI=1S/C16H29N3O2/c1-15(2)8-6-7-9-16(15,20)14-13(21-5)12-17-19(14)11-10-18(3)4/h12,20H,6-11H2,1-5H3. The lowest BCUT2D eigenvalue weighted by Gasteiger charge is -2.46. The highest BCUT2D eigenvalue weighted by atomic mass is 16.5. The zero-order valence-electron chi connectivity index (χ0n) is 14.0. The lowest BCUT2D eigenvalue weighted by atomic mass is 9.64. The summed E-state index contributed by atoms with van der Waals surface area (Å²) in [5.41, 5.74) is -0.204. The molecular formula is C16H29N3O2. The van der Waals surface area contributed by atoms with Gasteiger partial charge in [-0.15, -0.1) is 0 Å². The van der Waals surface area contributed by atoms with Gasteiger partial charge in [-0.2, -0.15) is 5.10 Å². The van der Waals surface area contributed by atoms with Crippen LogP contribution in [0.2, 0.25) is 0 Å². The van der Waals surface area contributed by atoms with Gasteiger partial charge in [0.05, 0.1) is 19.9 Å². The first kappa shape index (κ1) is 16.3. The predicted octanol–water partition coefficient (Wildman–Crippen LogP) is 2.24. The quantitative estimate of drug-likeness (QED) is 0.905. The fraction of sp³-hybridized carbons (Fsp3) is 0.812. The van der Waals surface area contributed by atoms with E-state index in [2.05, 4.69) is 23.8 Å². The van der Waals surface area contributed by atoms with Crippen molar-refractivity contribution < 1.29 is 9.84 Å². The highest BCUT2D eigenvalue weighted by Crippen LogP contribution is 2.52. The van der Waals surface area contributed by atoms with E-state index < -0.39 is 5.60 Å². The monoisotopic (exact) mass is 295 g/mol. The van der Waals surface area contributed by atoms with Crippen molar-refractivity contribution in [2.45, 2.75) is 51.7 Å². The minimum atomic E-state index is -0.876. The van der Waals surface area contributed by atoms with Crippen LogP contribution < -0.4 is 4.74 Å². The molecule has 1 N–H and O–H groups in total. The molecule has 1 saturated carbocycles. The van der Waals surface area contributed by atoms with Crippen molar-refractivity contribution in [3.8, 4) is 5.75 Å². The molecule has 0 aliphatic heterocycles. The molecule has 0 bridgehead atoms. The van der Waals surface area contributed by atoms with Crippen LogP contribution in [0.25, 0.3) is 0 Å². The molecule has 0 aromatic carbocycles. The lowest BCUT2D eigenvalue weighted by Crippen LogP contribution is -2.46. The molecular weight excluding hydrogens is 266 g/mol. The first-order chi connectivity index (χ1) is 9.82. The van der Waals surface area contributed by atoms with Gasteiger partial charge < -0.3 is 14.7 Å². The van der Waals surface area contributed by atoms with Gasteiger partial charge in [-0.05, 0) is 32.4 Å². The summed E-state index contributed by atoms with van der Waals surface area (Å²) in [5, 5.41) is 15.9. The Morgan fingerprint density at radius 2 is 2.00 bits per heavy atom. The molecule has 1 heterocycles. The van der Waals surface area contributed by atoms with Gasteiger partial charge in [0.25, 0.3) is 0 Å². The molecule has 21 heavy (non-hydrogen) atoms. The van der Waals surface area contributed by atoms with Gasteiger partial charge in [0.2, 0.25) is 0 Å². The Kier molecular flexibility index (Phi) is 4.63. The van der Waals surface area contributed by atoms with E-state index in [0.29, 0.717) is 5.75 Å². The summed E-state index contributed by atoms with van der Waals surface area (Å²) < 4.78 is 7.41. The molecule has 2 rings (SSSR count). The summed E-state index contributed by atoms with van der Waals surface area (Å²) in [6.07, 6.45) is 5.73. The zero-order chi connectivity index (χ0) is 15.7. The second-order valence-electron chi connectivity index (χ2n) is 7.04. The van der Waals surface area contributed by atoms with Crippen LogP contribution in [0.5, 0.6) is 5.75 Å². The number of hydrogen-bond donors (Lipinski definition) is 1. The third-order valence-corrected chi connectivity index (χ3v) is 4.89. The number of aliphatic hydroxyl groups is 1. The third kappa shape index (κ3) is 2.94. The van der Waals surface area contributed by atoms with Gasteiger partial charge in [-0.3, -0.25) is 4.68 Å². The Balaban J connectivity index is 2.42. The summed E-state index contributed by atoms with van der Waals surface area (Å²) >= 11 is 0. The van der Waals surface area contributed by atoms with Crippen LogP contribution in [0.1, 0.15) is 45.2 Å². The molecule has 1 aliphatic rings. The topological polar surface area (TPSA) is 50.5 Å². The highest BCUT2D eigenvalue weighted by Gasteiger charge is 2.50. The van der Waals surface area contributed by atoms with Crippen molar-refractivity contribution in [2.75, 3.05) is 27.7 Å². The number of likely N-dealkylation sites (N-methyl/N-ethyl adjacent to an activating group) is 1. The van der Waals surface area contributed by atoms with Gasteiger partial charge in [-0.25, -0.2) is 0 Å². The van der Waals surface area contributed by atoms with E-state index in [4.69, 9.17) is 4.74 Å². The van der Waals surface area contributed by atoms with Crippen LogP contribution in [0.4, 0.5) is 0 Å². The van der Waals surface area contributed by atoms with Gasteiger partial charge >= 0.3 is 0 Å². The van der Waals surface area contributed by atoms with Crippen LogP contribution in [0.3, 0.4) is 0 Å². The maximum absolute atomic E-state index is 11.5. The smallest absolute Gasteiger partial charge is 0.162 e. The Bertz CT molecular complexity index is 482. The van der Waals surface area contributed by atoms with Gasteiger partial charge in [-0.1, -0.05) is 26.7 Å². The molecule has 5 nitrogen and oxygen atoms in total. The maximum Gasteiger partial charge on any atom is 0.162 e. The van der Waals surface area contributed by atoms with Crippen LogP contribution in [0.15, 0.2) is 6.20 Å². The van der Waals surface area contributed by atoms with Gasteiger partial charge in [0.1, 0.15) is 11.3 Å². The van der Waals surface area contributed by atoms with Crippen LogP contribution in [0, 0.1) is 5.41 Å². The molecule has 120 valence electrons. The van der Waals surface area contributed by atoms with E-state index in [1.807, 2.05) is 18.8 Å². The SMILES string of the molecule is COc1cnn(CCN(C)C)c1C1(O)CCCCC1(C)C. The average molecular weight is 295 g/mol. The van der Waals surface area contributed by atoms with E-state index >= 15 is 0 Å². The second kappa shape index (κ2) is 5.97. The molecule has 0 amide bonds. The lowest BCUT2D eigenvalue weighted by molar-refractivity contribution is -0.111. The molecule has 1 atom stereocenters. The fourth-order valence-electron chi connectivity index (χ4n) is 3.33. The van der Waals surface area contributed by atoms with E-state index in [-0.39, 0.29) is 5.41 Å². The molecule has 1 fully saturated rings. The van der Waals surface area contributed by atoms with Gasteiger partial charge in [0.15, 0.2) is 5.75 Å². The first-order valence-corrected chi connectivity index (χ1v) is 7.79. The number of rotatable bonds is 5. The van der Waals surface area contributed by atoms with Crippen molar-refractivity contribution in [3.05, 3.63) is 11.9 Å². The molecule has 1 aromatic rings. The molecule has 1 aromatic heterocycles. The molecule has 0 spiro atoms. The van der Waals surface area contributed by atoms with Crippen molar-refractivity contribution in [3.63, 3.8) is 0 Å². The second-order valence-corrected chi connectivity index (χ2v) is 7.04. The number of nitrogens with zero attached hydrogens (tertiary/aromatic N) is 3. The van der Waals surface area contributed by atoms with Crippen molar-refractivity contribution in [1.82, 2.24) is 14.7 Å². The third-order valence-electron chi connectivity index (χ3n) is 4.89. The van der Waals surface area contributed by atoms with Crippen molar-refractivity contribution >= 4 is 0 Å². The molecule has 1 aliphatic carbocycles. The summed E-state index contributed by atoms with van der Waals surface area (Å²) in [5.74, 6) is 0.700. The number of hydrogen-bond acceptors (Lipinski definition) is 4. The van der Waals surface area contributed by atoms with E-state index in [1.165, 1.54) is 6.42 Å². The normalized spacial score (nSPS) is 25.3. The Morgan fingerprint density at radius 1 is 1.33 bits per heavy atom. The van der Waals surface area contributed by atoms with Crippen LogP contribution >= 0.6 is 0 Å². The fourth-order valence-corrected chi connectivity index (χ4v) is 3.33. The Labute approximate surface area is 127 Å². The van der Waals surface area contributed by atoms with Crippen molar-refractivity contribution in [1.29, 1.82) is 0 Å². The summed E-state index contributed by atoms with van der Waals surface area (Å²) in [4.78, 5) is 2.12. The van der Waals surface area contributed by atoms with Gasteiger partial charge in [0, 0.05) is 6.54 Å². The molecule has 1 unspecified atom stereocenters. The summed E-state index contributed by atoms with van der Waals surface area (Å²) in [6.45, 7) is 5.93. The minimum Gasteiger partial charge on any atom is -0.493 e. The number of methoxy groups -OCH3 is 1. The molecule has 5 heteroatoms.